The van der Waals surface area contributed by atoms with Gasteiger partial charge in [0.25, 0.3) is 5.91 Å². The number of anilines is 1. The number of carbonyl (C=O) groups excluding carboxylic acids is 1. The van der Waals surface area contributed by atoms with Crippen LogP contribution in [0.4, 0.5) is 14.5 Å². The normalized spacial score (nSPS) is 10.3. The number of imidazole rings is 1. The molecule has 0 aliphatic heterocycles. The Balaban J connectivity index is 2.10. The van der Waals surface area contributed by atoms with Gasteiger partial charge in [0, 0.05) is 18.3 Å². The number of H-pyrrole nitrogens is 1. The van der Waals surface area contributed by atoms with E-state index in [2.05, 4.69) is 20.6 Å². The number of amides is 1. The van der Waals surface area contributed by atoms with Gasteiger partial charge in [-0.2, -0.15) is 0 Å². The van der Waals surface area contributed by atoms with Crippen LogP contribution in [-0.2, 0) is 6.54 Å². The number of rotatable bonds is 5. The lowest BCUT2D eigenvalue weighted by Gasteiger charge is -2.09. The minimum Gasteiger partial charge on any atom is -0.381 e. The van der Waals surface area contributed by atoms with Crippen molar-refractivity contribution < 1.29 is 13.6 Å². The van der Waals surface area contributed by atoms with Crippen molar-refractivity contribution in [3.8, 4) is 0 Å². The number of hydrogen-bond acceptors (Lipinski definition) is 3. The average molecular weight is 280 g/mol. The van der Waals surface area contributed by atoms with Gasteiger partial charge in [0.2, 0.25) is 0 Å². The Kier molecular flexibility index (Phi) is 4.29. The van der Waals surface area contributed by atoms with Gasteiger partial charge < -0.3 is 15.6 Å². The van der Waals surface area contributed by atoms with Crippen molar-refractivity contribution in [1.29, 1.82) is 0 Å². The van der Waals surface area contributed by atoms with E-state index in [4.69, 9.17) is 0 Å². The number of aromatic amines is 1. The third kappa shape index (κ3) is 3.11. The summed E-state index contributed by atoms with van der Waals surface area (Å²) in [5, 5.41) is 5.11. The van der Waals surface area contributed by atoms with Crippen LogP contribution in [-0.4, -0.2) is 22.4 Å². The van der Waals surface area contributed by atoms with Crippen LogP contribution in [0.15, 0.2) is 24.7 Å². The van der Waals surface area contributed by atoms with Crippen LogP contribution in [0.5, 0.6) is 0 Å². The number of hydrogen-bond donors (Lipinski definition) is 3. The number of halogens is 2. The monoisotopic (exact) mass is 280 g/mol. The quantitative estimate of drug-likeness (QED) is 0.785. The first kappa shape index (κ1) is 14.0. The van der Waals surface area contributed by atoms with E-state index in [9.17, 15) is 13.6 Å². The molecule has 7 heteroatoms. The maximum Gasteiger partial charge on any atom is 0.251 e. The number of nitrogens with one attached hydrogen (secondary N) is 3. The van der Waals surface area contributed by atoms with Crippen molar-refractivity contribution in [2.75, 3.05) is 11.9 Å². The zero-order valence-electron chi connectivity index (χ0n) is 10.8. The van der Waals surface area contributed by atoms with E-state index in [1.54, 1.807) is 13.1 Å². The second kappa shape index (κ2) is 6.14. The van der Waals surface area contributed by atoms with Crippen molar-refractivity contribution in [2.24, 2.45) is 0 Å². The van der Waals surface area contributed by atoms with Gasteiger partial charge in [-0.25, -0.2) is 13.8 Å². The van der Waals surface area contributed by atoms with Crippen LogP contribution < -0.4 is 10.6 Å². The molecular weight excluding hydrogens is 266 g/mol. The standard InChI is InChI=1S/C13H14F2N4O/c1-2-17-12-10(14)3-8(4-11(12)15)13(20)18-6-9-5-16-7-19-9/h3-5,7,17H,2,6H2,1H3,(H,16,19)(H,18,20). The second-order valence-electron chi connectivity index (χ2n) is 4.10. The molecular formula is C13H14F2N4O. The second-order valence-corrected chi connectivity index (χ2v) is 4.10. The molecule has 0 radical (unpaired) electrons. The van der Waals surface area contributed by atoms with Crippen molar-refractivity contribution in [3.05, 3.63) is 47.5 Å². The van der Waals surface area contributed by atoms with Crippen molar-refractivity contribution in [1.82, 2.24) is 15.3 Å². The molecule has 2 rings (SSSR count). The zero-order chi connectivity index (χ0) is 14.5. The molecule has 0 saturated carbocycles. The van der Waals surface area contributed by atoms with Gasteiger partial charge in [0.15, 0.2) is 0 Å². The Morgan fingerprint density at radius 3 is 2.60 bits per heavy atom. The van der Waals surface area contributed by atoms with Crippen LogP contribution >= 0.6 is 0 Å². The molecule has 1 aromatic heterocycles. The molecule has 20 heavy (non-hydrogen) atoms. The van der Waals surface area contributed by atoms with E-state index in [1.165, 1.54) is 6.33 Å². The predicted molar refractivity (Wildman–Crippen MR) is 70.3 cm³/mol. The van der Waals surface area contributed by atoms with E-state index in [-0.39, 0.29) is 17.8 Å². The van der Waals surface area contributed by atoms with Gasteiger partial charge >= 0.3 is 0 Å². The van der Waals surface area contributed by atoms with Crippen molar-refractivity contribution >= 4 is 11.6 Å². The molecule has 3 N–H and O–H groups in total. The summed E-state index contributed by atoms with van der Waals surface area (Å²) in [6, 6.07) is 2.01. The fourth-order valence-corrected chi connectivity index (χ4v) is 1.71. The lowest BCUT2D eigenvalue weighted by molar-refractivity contribution is 0.0949. The summed E-state index contributed by atoms with van der Waals surface area (Å²) < 4.78 is 27.3. The van der Waals surface area contributed by atoms with Gasteiger partial charge in [-0.05, 0) is 19.1 Å². The molecule has 0 atom stereocenters. The molecule has 0 aliphatic rings. The van der Waals surface area contributed by atoms with Gasteiger partial charge in [0.05, 0.1) is 18.6 Å². The van der Waals surface area contributed by atoms with E-state index in [0.717, 1.165) is 12.1 Å². The molecule has 2 aromatic rings. The first-order valence-corrected chi connectivity index (χ1v) is 6.10. The summed E-state index contributed by atoms with van der Waals surface area (Å²) in [6.45, 7) is 2.32. The summed E-state index contributed by atoms with van der Waals surface area (Å²) in [6.07, 6.45) is 3.03. The Morgan fingerprint density at radius 1 is 1.35 bits per heavy atom. The number of benzene rings is 1. The van der Waals surface area contributed by atoms with E-state index >= 15 is 0 Å². The number of carbonyl (C=O) groups is 1. The van der Waals surface area contributed by atoms with Crippen molar-refractivity contribution in [2.45, 2.75) is 13.5 Å². The topological polar surface area (TPSA) is 69.8 Å². The predicted octanol–water partition coefficient (Wildman–Crippen LogP) is 2.05. The molecule has 0 saturated heterocycles. The number of aromatic nitrogens is 2. The smallest absolute Gasteiger partial charge is 0.251 e. The average Bonchev–Trinajstić information content (AvgIpc) is 2.93. The highest BCUT2D eigenvalue weighted by Gasteiger charge is 2.14. The zero-order valence-corrected chi connectivity index (χ0v) is 10.8. The maximum atomic E-state index is 13.7. The highest BCUT2D eigenvalue weighted by atomic mass is 19.1. The Labute approximate surface area is 114 Å². The van der Waals surface area contributed by atoms with Crippen molar-refractivity contribution in [3.63, 3.8) is 0 Å². The first-order chi connectivity index (χ1) is 9.61. The maximum absolute atomic E-state index is 13.7. The SMILES string of the molecule is CCNc1c(F)cc(C(=O)NCc2cnc[nH]2)cc1F. The minimum absolute atomic E-state index is 0.0684. The fourth-order valence-electron chi connectivity index (χ4n) is 1.71. The highest BCUT2D eigenvalue weighted by Crippen LogP contribution is 2.20. The molecule has 1 heterocycles. The van der Waals surface area contributed by atoms with Crippen LogP contribution in [0.25, 0.3) is 0 Å². The molecule has 0 spiro atoms. The summed E-state index contributed by atoms with van der Waals surface area (Å²) in [5.74, 6) is -2.14. The van der Waals surface area contributed by atoms with Crippen LogP contribution in [0.2, 0.25) is 0 Å². The van der Waals surface area contributed by atoms with E-state index in [1.807, 2.05) is 0 Å². The van der Waals surface area contributed by atoms with Gasteiger partial charge in [0.1, 0.15) is 17.3 Å². The lowest BCUT2D eigenvalue weighted by atomic mass is 10.1. The summed E-state index contributed by atoms with van der Waals surface area (Å²) >= 11 is 0. The summed E-state index contributed by atoms with van der Waals surface area (Å²) in [7, 11) is 0. The van der Waals surface area contributed by atoms with Crippen LogP contribution in [0.1, 0.15) is 23.0 Å². The van der Waals surface area contributed by atoms with Crippen LogP contribution in [0.3, 0.4) is 0 Å². The van der Waals surface area contributed by atoms with E-state index < -0.39 is 17.5 Å². The largest absolute Gasteiger partial charge is 0.381 e. The fraction of sp³-hybridized carbons (Fsp3) is 0.231. The molecule has 0 bridgehead atoms. The third-order valence-corrected chi connectivity index (χ3v) is 2.65. The third-order valence-electron chi connectivity index (χ3n) is 2.65. The molecule has 106 valence electrons. The van der Waals surface area contributed by atoms with Gasteiger partial charge in [-0.3, -0.25) is 4.79 Å². The first-order valence-electron chi connectivity index (χ1n) is 6.10. The number of nitrogens with zero attached hydrogens (tertiary/aromatic N) is 1. The van der Waals surface area contributed by atoms with Gasteiger partial charge in [-0.1, -0.05) is 0 Å². The lowest BCUT2D eigenvalue weighted by Crippen LogP contribution is -2.23. The molecule has 1 amide bonds. The Hall–Kier alpha value is -2.44. The molecule has 5 nitrogen and oxygen atoms in total. The molecule has 1 aromatic carbocycles. The minimum atomic E-state index is -0.793. The molecule has 0 fully saturated rings. The Morgan fingerprint density at radius 2 is 2.05 bits per heavy atom. The molecule has 0 aliphatic carbocycles. The molecule has 0 unspecified atom stereocenters. The van der Waals surface area contributed by atoms with Gasteiger partial charge in [-0.15, -0.1) is 0 Å². The summed E-state index contributed by atoms with van der Waals surface area (Å²) in [4.78, 5) is 18.4. The highest BCUT2D eigenvalue weighted by molar-refractivity contribution is 5.94. The van der Waals surface area contributed by atoms with E-state index in [0.29, 0.717) is 12.2 Å². The summed E-state index contributed by atoms with van der Waals surface area (Å²) in [5.41, 5.74) is 0.405. The van der Waals surface area contributed by atoms with Crippen LogP contribution in [0, 0.1) is 11.6 Å². The Bertz CT molecular complexity index is 575.